The molecule has 0 saturated carbocycles. The van der Waals surface area contributed by atoms with Crippen molar-refractivity contribution in [3.05, 3.63) is 35.1 Å². The molecule has 118 valence electrons. The summed E-state index contributed by atoms with van der Waals surface area (Å²) in [4.78, 5) is 11.9. The second-order valence-electron chi connectivity index (χ2n) is 4.03. The number of alkyl halides is 3. The minimum atomic E-state index is -6.02. The monoisotopic (exact) mass is 329 g/mol. The van der Waals surface area contributed by atoms with Crippen LogP contribution in [-0.2, 0) is 10.0 Å². The van der Waals surface area contributed by atoms with E-state index in [9.17, 15) is 30.8 Å². The van der Waals surface area contributed by atoms with Crippen LogP contribution in [0.4, 0.5) is 17.6 Å². The highest BCUT2D eigenvalue weighted by Gasteiger charge is 2.52. The summed E-state index contributed by atoms with van der Waals surface area (Å²) in [5.41, 5.74) is -6.17. The average molecular weight is 329 g/mol. The number of rotatable bonds is 4. The first-order valence-electron chi connectivity index (χ1n) is 5.52. The molecule has 1 amide bonds. The standard InChI is InChI=1S/C11H11F4NO4S/c1-7-2-3-8(9(12)6-7)10(18)16(4-5-17)21(19,20)11(13,14)15/h2-3,6,17H,4-5H2,1H3. The van der Waals surface area contributed by atoms with E-state index >= 15 is 0 Å². The van der Waals surface area contributed by atoms with Crippen molar-refractivity contribution >= 4 is 15.9 Å². The lowest BCUT2D eigenvalue weighted by molar-refractivity contribution is -0.0485. The molecule has 0 spiro atoms. The first-order chi connectivity index (χ1) is 9.52. The van der Waals surface area contributed by atoms with Crippen molar-refractivity contribution in [2.24, 2.45) is 0 Å². The minimum Gasteiger partial charge on any atom is -0.394 e. The van der Waals surface area contributed by atoms with E-state index in [1.165, 1.54) is 13.0 Å². The molecule has 5 nitrogen and oxygen atoms in total. The predicted octanol–water partition coefficient (Wildman–Crippen LogP) is 1.42. The van der Waals surface area contributed by atoms with Gasteiger partial charge in [-0.25, -0.2) is 8.70 Å². The number of carbonyl (C=O) groups is 1. The number of hydrogen-bond acceptors (Lipinski definition) is 4. The number of aliphatic hydroxyl groups excluding tert-OH is 1. The fraction of sp³-hybridized carbons (Fsp3) is 0.364. The van der Waals surface area contributed by atoms with Gasteiger partial charge >= 0.3 is 15.5 Å². The van der Waals surface area contributed by atoms with E-state index in [0.717, 1.165) is 12.1 Å². The first-order valence-corrected chi connectivity index (χ1v) is 6.96. The molecule has 0 aliphatic heterocycles. The lowest BCUT2D eigenvalue weighted by Crippen LogP contribution is -2.46. The molecule has 0 unspecified atom stereocenters. The normalized spacial score (nSPS) is 12.3. The van der Waals surface area contributed by atoms with Gasteiger partial charge in [-0.05, 0) is 24.6 Å². The lowest BCUT2D eigenvalue weighted by Gasteiger charge is -2.23. The van der Waals surface area contributed by atoms with Crippen LogP contribution in [0.15, 0.2) is 18.2 Å². The van der Waals surface area contributed by atoms with Crippen LogP contribution in [-0.4, -0.2) is 42.4 Å². The third-order valence-electron chi connectivity index (χ3n) is 2.47. The Labute approximate surface area is 117 Å². The molecule has 0 aromatic heterocycles. The van der Waals surface area contributed by atoms with Crippen LogP contribution in [0.2, 0.25) is 0 Å². The van der Waals surface area contributed by atoms with Gasteiger partial charge in [0.05, 0.1) is 18.7 Å². The van der Waals surface area contributed by atoms with E-state index in [1.807, 2.05) is 0 Å². The molecule has 0 bridgehead atoms. The van der Waals surface area contributed by atoms with Gasteiger partial charge in [0.25, 0.3) is 5.91 Å². The molecule has 0 aliphatic carbocycles. The van der Waals surface area contributed by atoms with Crippen molar-refractivity contribution in [2.75, 3.05) is 13.2 Å². The second-order valence-corrected chi connectivity index (χ2v) is 5.89. The number of halogens is 4. The molecule has 0 aliphatic rings. The van der Waals surface area contributed by atoms with Crippen molar-refractivity contribution in [1.29, 1.82) is 0 Å². The zero-order chi connectivity index (χ0) is 16.4. The SMILES string of the molecule is Cc1ccc(C(=O)N(CCO)S(=O)(=O)C(F)(F)F)c(F)c1. The van der Waals surface area contributed by atoms with Crippen molar-refractivity contribution in [3.8, 4) is 0 Å². The van der Waals surface area contributed by atoms with E-state index in [-0.39, 0.29) is 0 Å². The quantitative estimate of drug-likeness (QED) is 0.848. The van der Waals surface area contributed by atoms with Gasteiger partial charge in [0.2, 0.25) is 0 Å². The van der Waals surface area contributed by atoms with Crippen molar-refractivity contribution < 1.29 is 35.9 Å². The van der Waals surface area contributed by atoms with Gasteiger partial charge in [-0.1, -0.05) is 6.07 Å². The van der Waals surface area contributed by atoms with Gasteiger partial charge in [-0.3, -0.25) is 4.79 Å². The van der Waals surface area contributed by atoms with E-state index in [4.69, 9.17) is 5.11 Å². The van der Waals surface area contributed by atoms with E-state index in [2.05, 4.69) is 0 Å². The molecule has 0 heterocycles. The summed E-state index contributed by atoms with van der Waals surface area (Å²) in [6.07, 6.45) is 0. The minimum absolute atomic E-state index is 0.399. The highest BCUT2D eigenvalue weighted by atomic mass is 32.2. The first kappa shape index (κ1) is 17.4. The van der Waals surface area contributed by atoms with E-state index in [0.29, 0.717) is 5.56 Å². The van der Waals surface area contributed by atoms with Gasteiger partial charge in [-0.2, -0.15) is 21.6 Å². The number of hydrogen-bond donors (Lipinski definition) is 1. The van der Waals surface area contributed by atoms with Crippen molar-refractivity contribution in [2.45, 2.75) is 12.4 Å². The maximum Gasteiger partial charge on any atom is 0.516 e. The van der Waals surface area contributed by atoms with Crippen LogP contribution in [0.5, 0.6) is 0 Å². The number of carbonyl (C=O) groups excluding carboxylic acids is 1. The summed E-state index contributed by atoms with van der Waals surface area (Å²) in [6.45, 7) is -0.683. The number of nitrogens with zero attached hydrogens (tertiary/aromatic N) is 1. The zero-order valence-electron chi connectivity index (χ0n) is 10.7. The molecule has 10 heteroatoms. The van der Waals surface area contributed by atoms with Crippen LogP contribution in [0, 0.1) is 12.7 Å². The van der Waals surface area contributed by atoms with E-state index < -0.39 is 50.3 Å². The summed E-state index contributed by atoms with van der Waals surface area (Å²) in [7, 11) is -6.02. The number of aliphatic hydroxyl groups is 1. The molecular formula is C11H11F4NO4S. The van der Waals surface area contributed by atoms with Crippen molar-refractivity contribution in [1.82, 2.24) is 4.31 Å². The van der Waals surface area contributed by atoms with Gasteiger partial charge in [0, 0.05) is 0 Å². The zero-order valence-corrected chi connectivity index (χ0v) is 11.5. The maximum absolute atomic E-state index is 13.6. The topological polar surface area (TPSA) is 74.7 Å². The summed E-state index contributed by atoms with van der Waals surface area (Å²) in [6, 6.07) is 3.00. The van der Waals surface area contributed by atoms with Gasteiger partial charge in [0.15, 0.2) is 0 Å². The van der Waals surface area contributed by atoms with Crippen LogP contribution in [0.25, 0.3) is 0 Å². The summed E-state index contributed by atoms with van der Waals surface area (Å²) in [5.74, 6) is -2.85. The smallest absolute Gasteiger partial charge is 0.394 e. The van der Waals surface area contributed by atoms with Crippen molar-refractivity contribution in [3.63, 3.8) is 0 Å². The summed E-state index contributed by atoms with van der Waals surface area (Å²) >= 11 is 0. The number of aryl methyl sites for hydroxylation is 1. The Morgan fingerprint density at radius 3 is 2.33 bits per heavy atom. The molecule has 0 atom stereocenters. The Morgan fingerprint density at radius 2 is 1.90 bits per heavy atom. The molecule has 0 saturated heterocycles. The third-order valence-corrected chi connectivity index (χ3v) is 3.98. The Balaban J connectivity index is 3.33. The average Bonchev–Trinajstić information content (AvgIpc) is 2.33. The van der Waals surface area contributed by atoms with Crippen LogP contribution >= 0.6 is 0 Å². The predicted molar refractivity (Wildman–Crippen MR) is 64.2 cm³/mol. The molecule has 0 fully saturated rings. The molecule has 21 heavy (non-hydrogen) atoms. The second kappa shape index (κ2) is 5.98. The Kier molecular flexibility index (Phi) is 4.95. The Hall–Kier alpha value is -1.68. The number of sulfonamides is 1. The summed E-state index contributed by atoms with van der Waals surface area (Å²) < 4.78 is 73.0. The van der Waals surface area contributed by atoms with Crippen LogP contribution < -0.4 is 0 Å². The van der Waals surface area contributed by atoms with Gasteiger partial charge in [-0.15, -0.1) is 0 Å². The molecule has 0 radical (unpaired) electrons. The largest absolute Gasteiger partial charge is 0.516 e. The Bertz CT molecular complexity index is 642. The lowest BCUT2D eigenvalue weighted by atomic mass is 10.1. The third kappa shape index (κ3) is 3.50. The number of amides is 1. The Morgan fingerprint density at radius 1 is 1.33 bits per heavy atom. The number of benzene rings is 1. The molecule has 1 N–H and O–H groups in total. The van der Waals surface area contributed by atoms with Crippen LogP contribution in [0.3, 0.4) is 0 Å². The van der Waals surface area contributed by atoms with Gasteiger partial charge < -0.3 is 5.11 Å². The van der Waals surface area contributed by atoms with E-state index in [1.54, 1.807) is 0 Å². The van der Waals surface area contributed by atoms with Crippen LogP contribution in [0.1, 0.15) is 15.9 Å². The molecule has 1 aromatic rings. The highest BCUT2D eigenvalue weighted by molar-refractivity contribution is 7.90. The van der Waals surface area contributed by atoms with Gasteiger partial charge in [0.1, 0.15) is 5.82 Å². The summed E-state index contributed by atoms with van der Waals surface area (Å²) in [5, 5.41) is 8.66. The fourth-order valence-electron chi connectivity index (χ4n) is 1.47. The molecule has 1 rings (SSSR count). The molecular weight excluding hydrogens is 318 g/mol. The fourth-order valence-corrected chi connectivity index (χ4v) is 2.36. The highest BCUT2D eigenvalue weighted by Crippen LogP contribution is 2.28. The maximum atomic E-state index is 13.6. The molecule has 1 aromatic carbocycles.